The van der Waals surface area contributed by atoms with Crippen LogP contribution in [-0.4, -0.2) is 17.7 Å². The van der Waals surface area contributed by atoms with Gasteiger partial charge in [0.25, 0.3) is 0 Å². The van der Waals surface area contributed by atoms with Crippen LogP contribution in [0, 0.1) is 0 Å². The zero-order valence-corrected chi connectivity index (χ0v) is 13.7. The lowest BCUT2D eigenvalue weighted by Gasteiger charge is -2.42. The normalized spacial score (nSPS) is 17.9. The molecule has 2 rings (SSSR count). The van der Waals surface area contributed by atoms with E-state index in [1.54, 1.807) is 0 Å². The van der Waals surface area contributed by atoms with Crippen LogP contribution in [0.1, 0.15) is 46.5 Å². The van der Waals surface area contributed by atoms with Crippen molar-refractivity contribution in [2.75, 3.05) is 6.54 Å². The van der Waals surface area contributed by atoms with Crippen molar-refractivity contribution in [1.29, 1.82) is 0 Å². The monoisotopic (exact) mass is 325 g/mol. The molecular formula is C16H24BrNO. The minimum absolute atomic E-state index is 0.0616. The Hall–Kier alpha value is -0.540. The zero-order valence-electron chi connectivity index (χ0n) is 12.1. The molecule has 0 bridgehead atoms. The van der Waals surface area contributed by atoms with Crippen molar-refractivity contribution in [3.05, 3.63) is 28.7 Å². The molecule has 2 nitrogen and oxygen atoms in total. The number of hydrogen-bond acceptors (Lipinski definition) is 2. The van der Waals surface area contributed by atoms with E-state index in [9.17, 15) is 0 Å². The number of nitrogens with one attached hydrogen (secondary N) is 1. The highest BCUT2D eigenvalue weighted by Crippen LogP contribution is 2.39. The highest BCUT2D eigenvalue weighted by atomic mass is 79.9. The Balaban J connectivity index is 1.89. The Bertz CT molecular complexity index is 404. The third-order valence-electron chi connectivity index (χ3n) is 3.65. The van der Waals surface area contributed by atoms with Crippen molar-refractivity contribution >= 4 is 15.9 Å². The standard InChI is InChI=1S/C16H24BrNO/c1-15(2,3)18-12-11-16(9-4-10-16)19-14-7-5-13(17)6-8-14/h5-8,18H,4,9-12H2,1-3H3. The van der Waals surface area contributed by atoms with Crippen molar-refractivity contribution in [3.63, 3.8) is 0 Å². The van der Waals surface area contributed by atoms with Crippen LogP contribution in [0.4, 0.5) is 0 Å². The highest BCUT2D eigenvalue weighted by molar-refractivity contribution is 9.10. The summed E-state index contributed by atoms with van der Waals surface area (Å²) in [7, 11) is 0. The van der Waals surface area contributed by atoms with Gasteiger partial charge in [0.15, 0.2) is 0 Å². The van der Waals surface area contributed by atoms with E-state index in [1.807, 2.05) is 24.3 Å². The number of ether oxygens (including phenoxy) is 1. The quantitative estimate of drug-likeness (QED) is 0.858. The largest absolute Gasteiger partial charge is 0.487 e. The molecule has 0 aliphatic heterocycles. The average Bonchev–Trinajstić information content (AvgIpc) is 2.27. The Morgan fingerprint density at radius 2 is 1.84 bits per heavy atom. The minimum Gasteiger partial charge on any atom is -0.487 e. The third-order valence-corrected chi connectivity index (χ3v) is 4.18. The summed E-state index contributed by atoms with van der Waals surface area (Å²) in [6.07, 6.45) is 4.72. The van der Waals surface area contributed by atoms with Crippen LogP contribution >= 0.6 is 15.9 Å². The van der Waals surface area contributed by atoms with E-state index >= 15 is 0 Å². The number of halogens is 1. The predicted molar refractivity (Wildman–Crippen MR) is 83.7 cm³/mol. The lowest BCUT2D eigenvalue weighted by atomic mass is 9.77. The van der Waals surface area contributed by atoms with Crippen LogP contribution in [0.25, 0.3) is 0 Å². The van der Waals surface area contributed by atoms with E-state index < -0.39 is 0 Å². The Labute approximate surface area is 125 Å². The van der Waals surface area contributed by atoms with E-state index in [4.69, 9.17) is 4.74 Å². The van der Waals surface area contributed by atoms with Crippen LogP contribution in [0.3, 0.4) is 0 Å². The lowest BCUT2D eigenvalue weighted by molar-refractivity contribution is -0.0152. The fraction of sp³-hybridized carbons (Fsp3) is 0.625. The van der Waals surface area contributed by atoms with Crippen molar-refractivity contribution in [2.24, 2.45) is 0 Å². The van der Waals surface area contributed by atoms with Gasteiger partial charge in [-0.15, -0.1) is 0 Å². The Kier molecular flexibility index (Phi) is 4.57. The van der Waals surface area contributed by atoms with Gasteiger partial charge in [0.2, 0.25) is 0 Å². The van der Waals surface area contributed by atoms with Crippen molar-refractivity contribution in [2.45, 2.75) is 57.6 Å². The number of hydrogen-bond donors (Lipinski definition) is 1. The molecule has 0 saturated heterocycles. The molecule has 1 fully saturated rings. The first-order chi connectivity index (χ1) is 8.89. The predicted octanol–water partition coefficient (Wildman–Crippen LogP) is 4.53. The summed E-state index contributed by atoms with van der Waals surface area (Å²) in [5.41, 5.74) is 0.245. The van der Waals surface area contributed by atoms with E-state index in [2.05, 4.69) is 42.0 Å². The van der Waals surface area contributed by atoms with Gasteiger partial charge in [0.1, 0.15) is 11.4 Å². The molecule has 19 heavy (non-hydrogen) atoms. The van der Waals surface area contributed by atoms with Crippen LogP contribution in [0.2, 0.25) is 0 Å². The molecule has 0 aromatic heterocycles. The molecule has 0 unspecified atom stereocenters. The molecule has 0 spiro atoms. The summed E-state index contributed by atoms with van der Waals surface area (Å²) < 4.78 is 7.34. The van der Waals surface area contributed by atoms with Gasteiger partial charge in [0, 0.05) is 10.0 Å². The summed E-state index contributed by atoms with van der Waals surface area (Å²) in [6, 6.07) is 8.16. The van der Waals surface area contributed by atoms with Gasteiger partial charge in [-0.25, -0.2) is 0 Å². The fourth-order valence-corrected chi connectivity index (χ4v) is 2.66. The summed E-state index contributed by atoms with van der Waals surface area (Å²) in [6.45, 7) is 7.63. The molecule has 1 aliphatic rings. The van der Waals surface area contributed by atoms with Crippen LogP contribution in [0.5, 0.6) is 5.75 Å². The first-order valence-corrected chi connectivity index (χ1v) is 7.88. The molecular weight excluding hydrogens is 302 g/mol. The summed E-state index contributed by atoms with van der Waals surface area (Å²) >= 11 is 3.45. The second-order valence-corrected chi connectivity index (χ2v) is 7.44. The third kappa shape index (κ3) is 4.50. The molecule has 106 valence electrons. The molecule has 1 N–H and O–H groups in total. The van der Waals surface area contributed by atoms with E-state index in [-0.39, 0.29) is 11.1 Å². The van der Waals surface area contributed by atoms with E-state index in [0.717, 1.165) is 23.2 Å². The molecule has 0 radical (unpaired) electrons. The van der Waals surface area contributed by atoms with Crippen molar-refractivity contribution in [3.8, 4) is 5.75 Å². The van der Waals surface area contributed by atoms with Crippen molar-refractivity contribution in [1.82, 2.24) is 5.32 Å². The Morgan fingerprint density at radius 1 is 1.21 bits per heavy atom. The maximum Gasteiger partial charge on any atom is 0.120 e. The van der Waals surface area contributed by atoms with Gasteiger partial charge in [-0.2, -0.15) is 0 Å². The second kappa shape index (κ2) is 5.84. The van der Waals surface area contributed by atoms with Gasteiger partial charge in [-0.3, -0.25) is 0 Å². The Morgan fingerprint density at radius 3 is 2.32 bits per heavy atom. The van der Waals surface area contributed by atoms with Gasteiger partial charge < -0.3 is 10.1 Å². The van der Waals surface area contributed by atoms with E-state index in [0.29, 0.717) is 0 Å². The van der Waals surface area contributed by atoms with Gasteiger partial charge in [0.05, 0.1) is 0 Å². The van der Waals surface area contributed by atoms with Crippen LogP contribution < -0.4 is 10.1 Å². The lowest BCUT2D eigenvalue weighted by Crippen LogP contribution is -2.47. The topological polar surface area (TPSA) is 21.3 Å². The summed E-state index contributed by atoms with van der Waals surface area (Å²) in [5.74, 6) is 0.985. The molecule has 1 aromatic carbocycles. The minimum atomic E-state index is 0.0616. The van der Waals surface area contributed by atoms with Gasteiger partial charge in [-0.05, 0) is 77.3 Å². The fourth-order valence-electron chi connectivity index (χ4n) is 2.39. The number of benzene rings is 1. The van der Waals surface area contributed by atoms with E-state index in [1.165, 1.54) is 19.3 Å². The number of rotatable bonds is 5. The first kappa shape index (κ1) is 14.9. The molecule has 1 saturated carbocycles. The first-order valence-electron chi connectivity index (χ1n) is 7.08. The van der Waals surface area contributed by atoms with Gasteiger partial charge >= 0.3 is 0 Å². The SMILES string of the molecule is CC(C)(C)NCCC1(Oc2ccc(Br)cc2)CCC1. The molecule has 0 heterocycles. The van der Waals surface area contributed by atoms with Crippen LogP contribution in [-0.2, 0) is 0 Å². The molecule has 0 amide bonds. The molecule has 1 aliphatic carbocycles. The molecule has 1 aromatic rings. The maximum absolute atomic E-state index is 6.25. The highest BCUT2D eigenvalue weighted by Gasteiger charge is 2.39. The smallest absolute Gasteiger partial charge is 0.120 e. The second-order valence-electron chi connectivity index (χ2n) is 6.52. The summed E-state index contributed by atoms with van der Waals surface area (Å²) in [5, 5.41) is 3.55. The maximum atomic E-state index is 6.25. The van der Waals surface area contributed by atoms with Crippen LogP contribution in [0.15, 0.2) is 28.7 Å². The molecule has 0 atom stereocenters. The summed E-state index contributed by atoms with van der Waals surface area (Å²) in [4.78, 5) is 0. The van der Waals surface area contributed by atoms with Crippen molar-refractivity contribution < 1.29 is 4.74 Å². The zero-order chi connectivity index (χ0) is 13.9. The average molecular weight is 326 g/mol. The molecule has 3 heteroatoms. The van der Waals surface area contributed by atoms with Gasteiger partial charge in [-0.1, -0.05) is 15.9 Å².